The molecule has 0 fully saturated rings. The molecule has 54 valence electrons. The summed E-state index contributed by atoms with van der Waals surface area (Å²) in [5.41, 5.74) is 1.91. The van der Waals surface area contributed by atoms with Crippen molar-refractivity contribution < 1.29 is 0 Å². The molecule has 3 nitrogen and oxygen atoms in total. The van der Waals surface area contributed by atoms with E-state index in [1.807, 2.05) is 18.3 Å². The molecular formula is C8H7N3. The zero-order valence-corrected chi connectivity index (χ0v) is 5.94. The fraction of sp³-hybridized carbons (Fsp3) is 0. The van der Waals surface area contributed by atoms with Gasteiger partial charge in [-0.1, -0.05) is 12.7 Å². The summed E-state index contributed by atoms with van der Waals surface area (Å²) in [6, 6.07) is 3.87. The molecule has 3 heteroatoms. The van der Waals surface area contributed by atoms with Gasteiger partial charge in [0.15, 0.2) is 5.65 Å². The summed E-state index contributed by atoms with van der Waals surface area (Å²) in [5.74, 6) is 0. The Labute approximate surface area is 64.0 Å². The molecule has 2 rings (SSSR count). The van der Waals surface area contributed by atoms with E-state index in [1.54, 1.807) is 10.6 Å². The van der Waals surface area contributed by atoms with Crippen molar-refractivity contribution >= 4 is 11.7 Å². The number of hydrogen-bond donors (Lipinski definition) is 0. The summed E-state index contributed by atoms with van der Waals surface area (Å²) in [5, 5.41) is 3.97. The van der Waals surface area contributed by atoms with Crippen LogP contribution < -0.4 is 0 Å². The minimum absolute atomic E-state index is 0.849. The van der Waals surface area contributed by atoms with Gasteiger partial charge in [-0.05, 0) is 17.7 Å². The number of aromatic nitrogens is 3. The molecule has 0 aliphatic heterocycles. The van der Waals surface area contributed by atoms with E-state index in [0.717, 1.165) is 11.2 Å². The lowest BCUT2D eigenvalue weighted by molar-refractivity contribution is 0.960. The second-order valence-corrected chi connectivity index (χ2v) is 2.23. The molecule has 2 aromatic rings. The topological polar surface area (TPSA) is 30.2 Å². The standard InChI is InChI=1S/C8H7N3/c1-2-7-3-4-11-8(5-7)9-6-10-11/h2-6H,1H2. The van der Waals surface area contributed by atoms with Crippen molar-refractivity contribution in [2.45, 2.75) is 0 Å². The highest BCUT2D eigenvalue weighted by atomic mass is 15.3. The Morgan fingerprint density at radius 1 is 1.55 bits per heavy atom. The highest BCUT2D eigenvalue weighted by Crippen LogP contribution is 2.03. The van der Waals surface area contributed by atoms with E-state index >= 15 is 0 Å². The van der Waals surface area contributed by atoms with Gasteiger partial charge in [-0.15, -0.1) is 0 Å². The van der Waals surface area contributed by atoms with E-state index in [4.69, 9.17) is 0 Å². The first kappa shape index (κ1) is 6.09. The molecule has 2 aromatic heterocycles. The van der Waals surface area contributed by atoms with E-state index in [1.165, 1.54) is 6.33 Å². The Kier molecular flexibility index (Phi) is 1.22. The van der Waals surface area contributed by atoms with Crippen LogP contribution in [0.15, 0.2) is 31.2 Å². The fourth-order valence-electron chi connectivity index (χ4n) is 0.958. The van der Waals surface area contributed by atoms with E-state index in [-0.39, 0.29) is 0 Å². The van der Waals surface area contributed by atoms with Crippen molar-refractivity contribution in [2.24, 2.45) is 0 Å². The van der Waals surface area contributed by atoms with Gasteiger partial charge < -0.3 is 0 Å². The first-order valence-electron chi connectivity index (χ1n) is 3.32. The summed E-state index contributed by atoms with van der Waals surface area (Å²) >= 11 is 0. The quantitative estimate of drug-likeness (QED) is 0.606. The van der Waals surface area contributed by atoms with Gasteiger partial charge in [-0.3, -0.25) is 0 Å². The lowest BCUT2D eigenvalue weighted by Crippen LogP contribution is -1.85. The van der Waals surface area contributed by atoms with E-state index in [9.17, 15) is 0 Å². The minimum atomic E-state index is 0.849. The smallest absolute Gasteiger partial charge is 0.155 e. The molecule has 11 heavy (non-hydrogen) atoms. The number of nitrogens with zero attached hydrogens (tertiary/aromatic N) is 3. The van der Waals surface area contributed by atoms with Crippen LogP contribution in [-0.4, -0.2) is 14.6 Å². The third-order valence-corrected chi connectivity index (χ3v) is 1.54. The maximum absolute atomic E-state index is 4.03. The summed E-state index contributed by atoms with van der Waals surface area (Å²) in [4.78, 5) is 4.03. The largest absolute Gasteiger partial charge is 0.221 e. The van der Waals surface area contributed by atoms with Gasteiger partial charge in [-0.2, -0.15) is 5.10 Å². The van der Waals surface area contributed by atoms with Gasteiger partial charge in [-0.25, -0.2) is 9.50 Å². The van der Waals surface area contributed by atoms with Crippen LogP contribution in [0.2, 0.25) is 0 Å². The summed E-state index contributed by atoms with van der Waals surface area (Å²) < 4.78 is 1.72. The van der Waals surface area contributed by atoms with Gasteiger partial charge in [0.25, 0.3) is 0 Å². The van der Waals surface area contributed by atoms with Gasteiger partial charge >= 0.3 is 0 Å². The van der Waals surface area contributed by atoms with Crippen molar-refractivity contribution in [3.05, 3.63) is 36.8 Å². The third kappa shape index (κ3) is 0.902. The fourth-order valence-corrected chi connectivity index (χ4v) is 0.958. The molecule has 0 aromatic carbocycles. The molecule has 0 spiro atoms. The maximum atomic E-state index is 4.03. The number of pyridine rings is 1. The first-order valence-corrected chi connectivity index (χ1v) is 3.32. The average molecular weight is 145 g/mol. The molecule has 0 unspecified atom stereocenters. The monoisotopic (exact) mass is 145 g/mol. The normalized spacial score (nSPS) is 10.2. The molecule has 0 saturated carbocycles. The number of rotatable bonds is 1. The van der Waals surface area contributed by atoms with Gasteiger partial charge in [0.1, 0.15) is 6.33 Å². The van der Waals surface area contributed by atoms with Crippen LogP contribution in [0.5, 0.6) is 0 Å². The van der Waals surface area contributed by atoms with Crippen LogP contribution in [-0.2, 0) is 0 Å². The predicted octanol–water partition coefficient (Wildman–Crippen LogP) is 1.37. The SMILES string of the molecule is C=Cc1ccn2ncnc2c1. The maximum Gasteiger partial charge on any atom is 0.155 e. The van der Waals surface area contributed by atoms with Crippen LogP contribution in [0.3, 0.4) is 0 Å². The lowest BCUT2D eigenvalue weighted by atomic mass is 10.3. The Bertz CT molecular complexity index is 389. The lowest BCUT2D eigenvalue weighted by Gasteiger charge is -1.92. The van der Waals surface area contributed by atoms with Gasteiger partial charge in [0.2, 0.25) is 0 Å². The van der Waals surface area contributed by atoms with Crippen LogP contribution in [0.25, 0.3) is 11.7 Å². The Balaban J connectivity index is 2.76. The van der Waals surface area contributed by atoms with E-state index in [0.29, 0.717) is 0 Å². The third-order valence-electron chi connectivity index (χ3n) is 1.54. The van der Waals surface area contributed by atoms with Crippen LogP contribution in [0.4, 0.5) is 0 Å². The number of hydrogen-bond acceptors (Lipinski definition) is 2. The first-order chi connectivity index (χ1) is 5.40. The molecule has 0 atom stereocenters. The zero-order valence-electron chi connectivity index (χ0n) is 5.94. The van der Waals surface area contributed by atoms with Gasteiger partial charge in [0, 0.05) is 6.20 Å². The Hall–Kier alpha value is -1.64. The molecule has 2 heterocycles. The van der Waals surface area contributed by atoms with Crippen LogP contribution in [0.1, 0.15) is 5.56 Å². The van der Waals surface area contributed by atoms with Crippen molar-refractivity contribution in [3.63, 3.8) is 0 Å². The second-order valence-electron chi connectivity index (χ2n) is 2.23. The molecule has 0 aliphatic rings. The van der Waals surface area contributed by atoms with Crippen molar-refractivity contribution in [1.29, 1.82) is 0 Å². The molecule has 0 N–H and O–H groups in total. The molecule has 0 saturated heterocycles. The molecule has 0 amide bonds. The zero-order chi connectivity index (χ0) is 7.68. The Morgan fingerprint density at radius 3 is 3.27 bits per heavy atom. The van der Waals surface area contributed by atoms with Crippen molar-refractivity contribution in [3.8, 4) is 0 Å². The highest BCUT2D eigenvalue weighted by molar-refractivity contribution is 5.53. The second kappa shape index (κ2) is 2.20. The summed E-state index contributed by atoms with van der Waals surface area (Å²) in [6.07, 6.45) is 5.18. The molecule has 0 aliphatic carbocycles. The molecule has 0 bridgehead atoms. The Morgan fingerprint density at radius 2 is 2.45 bits per heavy atom. The molecular weight excluding hydrogens is 138 g/mol. The van der Waals surface area contributed by atoms with E-state index in [2.05, 4.69) is 16.7 Å². The van der Waals surface area contributed by atoms with Crippen molar-refractivity contribution in [1.82, 2.24) is 14.6 Å². The van der Waals surface area contributed by atoms with Crippen molar-refractivity contribution in [2.75, 3.05) is 0 Å². The minimum Gasteiger partial charge on any atom is -0.221 e. The van der Waals surface area contributed by atoms with Gasteiger partial charge in [0.05, 0.1) is 0 Å². The summed E-state index contributed by atoms with van der Waals surface area (Å²) in [6.45, 7) is 3.66. The van der Waals surface area contributed by atoms with Crippen LogP contribution >= 0.6 is 0 Å². The molecule has 0 radical (unpaired) electrons. The highest BCUT2D eigenvalue weighted by Gasteiger charge is 1.92. The summed E-state index contributed by atoms with van der Waals surface area (Å²) in [7, 11) is 0. The van der Waals surface area contributed by atoms with Crippen LogP contribution in [0, 0.1) is 0 Å². The predicted molar refractivity (Wildman–Crippen MR) is 43.1 cm³/mol. The average Bonchev–Trinajstić information content (AvgIpc) is 2.50. The number of fused-ring (bicyclic) bond motifs is 1. The van der Waals surface area contributed by atoms with E-state index < -0.39 is 0 Å².